The molecule has 0 radical (unpaired) electrons. The second kappa shape index (κ2) is 6.75. The Morgan fingerprint density at radius 3 is 2.27 bits per heavy atom. The fourth-order valence-corrected chi connectivity index (χ4v) is 0.603. The van der Waals surface area contributed by atoms with Crippen molar-refractivity contribution in [2.45, 2.75) is 13.8 Å². The first kappa shape index (κ1) is 9.63. The van der Waals surface area contributed by atoms with E-state index in [0.29, 0.717) is 0 Å². The smallest absolute Gasteiger partial charge is 0.356 e. The number of hydrogen-bond acceptors (Lipinski definition) is 1. The van der Waals surface area contributed by atoms with Crippen molar-refractivity contribution in [2.24, 2.45) is 5.73 Å². The van der Waals surface area contributed by atoms with E-state index < -0.39 is 0 Å². The second-order valence-electron chi connectivity index (χ2n) is 1.83. The van der Waals surface area contributed by atoms with Crippen molar-refractivity contribution in [1.29, 1.82) is 0 Å². The number of guanidine groups is 1. The van der Waals surface area contributed by atoms with E-state index >= 15 is 0 Å². The van der Waals surface area contributed by atoms with Crippen LogP contribution in [0.3, 0.4) is 0 Å². The molecule has 5 N–H and O–H groups in total. The molecule has 0 aliphatic carbocycles. The van der Waals surface area contributed by atoms with Crippen LogP contribution in [0, 0.1) is 12.1 Å². The Kier molecular flexibility index (Phi) is 5.91. The number of rotatable bonds is 2. The molecule has 4 nitrogen and oxygen atoms in total. The van der Waals surface area contributed by atoms with Gasteiger partial charge in [-0.2, -0.15) is 0 Å². The third kappa shape index (κ3) is 5.09. The van der Waals surface area contributed by atoms with Gasteiger partial charge >= 0.3 is 5.96 Å². The lowest BCUT2D eigenvalue weighted by Gasteiger charge is -1.97. The van der Waals surface area contributed by atoms with E-state index in [1.807, 2.05) is 13.8 Å². The van der Waals surface area contributed by atoms with Gasteiger partial charge in [-0.05, 0) is 13.8 Å². The van der Waals surface area contributed by atoms with Gasteiger partial charge in [0, 0.05) is 6.04 Å². The van der Waals surface area contributed by atoms with Crippen LogP contribution in [0.1, 0.15) is 13.8 Å². The lowest BCUT2D eigenvalue weighted by molar-refractivity contribution is -0.353. The molecule has 0 aromatic heterocycles. The average molecular weight is 155 g/mol. The predicted octanol–water partition coefficient (Wildman–Crippen LogP) is -2.48. The SMILES string of the molecule is CCNC(NCC)=[NH+]C#CN. The van der Waals surface area contributed by atoms with Gasteiger partial charge < -0.3 is 5.73 Å². The zero-order valence-corrected chi connectivity index (χ0v) is 6.99. The van der Waals surface area contributed by atoms with Crippen molar-refractivity contribution in [2.75, 3.05) is 13.1 Å². The maximum absolute atomic E-state index is 4.98. The fraction of sp³-hybridized carbons (Fsp3) is 0.571. The van der Waals surface area contributed by atoms with E-state index in [4.69, 9.17) is 5.73 Å². The monoisotopic (exact) mass is 155 g/mol. The minimum atomic E-state index is 0.799. The van der Waals surface area contributed by atoms with Crippen LogP contribution in [0.15, 0.2) is 0 Å². The minimum Gasteiger partial charge on any atom is -0.357 e. The minimum absolute atomic E-state index is 0.799. The number of hydrogen-bond donors (Lipinski definition) is 4. The molecule has 0 saturated carbocycles. The van der Waals surface area contributed by atoms with Crippen molar-refractivity contribution >= 4 is 5.96 Å². The predicted molar refractivity (Wildman–Crippen MR) is 45.3 cm³/mol. The zero-order chi connectivity index (χ0) is 8.53. The quantitative estimate of drug-likeness (QED) is 0.154. The van der Waals surface area contributed by atoms with Crippen LogP contribution in [-0.4, -0.2) is 19.0 Å². The Labute approximate surface area is 67.3 Å². The van der Waals surface area contributed by atoms with Crippen LogP contribution in [-0.2, 0) is 0 Å². The van der Waals surface area contributed by atoms with E-state index in [9.17, 15) is 0 Å². The molecule has 0 unspecified atom stereocenters. The molecule has 0 heterocycles. The maximum Gasteiger partial charge on any atom is 0.356 e. The van der Waals surface area contributed by atoms with Gasteiger partial charge in [0.25, 0.3) is 0 Å². The Morgan fingerprint density at radius 2 is 1.91 bits per heavy atom. The normalized spacial score (nSPS) is 7.45. The molecule has 0 spiro atoms. The lowest BCUT2D eigenvalue weighted by atomic mass is 10.7. The summed E-state index contributed by atoms with van der Waals surface area (Å²) in [7, 11) is 0. The highest BCUT2D eigenvalue weighted by Crippen LogP contribution is 1.53. The molecule has 4 heteroatoms. The molecular weight excluding hydrogens is 140 g/mol. The van der Waals surface area contributed by atoms with Gasteiger partial charge in [0.2, 0.25) is 0 Å². The Hall–Kier alpha value is -1.37. The first-order chi connectivity index (χ1) is 5.35. The third-order valence-electron chi connectivity index (χ3n) is 0.967. The fourth-order valence-electron chi connectivity index (χ4n) is 0.603. The highest BCUT2D eigenvalue weighted by Gasteiger charge is 1.98. The van der Waals surface area contributed by atoms with E-state index in [1.54, 1.807) is 0 Å². The molecule has 0 bridgehead atoms. The van der Waals surface area contributed by atoms with E-state index in [-0.39, 0.29) is 0 Å². The molecule has 62 valence electrons. The topological polar surface area (TPSA) is 64.0 Å². The Balaban J connectivity index is 3.92. The Morgan fingerprint density at radius 1 is 1.36 bits per heavy atom. The van der Waals surface area contributed by atoms with Crippen molar-refractivity contribution in [1.82, 2.24) is 10.6 Å². The summed E-state index contributed by atoms with van der Waals surface area (Å²) in [6.45, 7) is 5.72. The molecule has 0 rings (SSSR count). The summed E-state index contributed by atoms with van der Waals surface area (Å²) in [6, 6.07) is 4.79. The van der Waals surface area contributed by atoms with Crippen LogP contribution in [0.25, 0.3) is 0 Å². The van der Waals surface area contributed by atoms with Gasteiger partial charge in [-0.3, -0.25) is 10.6 Å². The van der Waals surface area contributed by atoms with Crippen molar-refractivity contribution < 1.29 is 4.99 Å². The molecule has 0 saturated heterocycles. The molecular formula is C7H15N4+. The summed E-state index contributed by atoms with van der Waals surface area (Å²) in [5, 5.41) is 6.11. The van der Waals surface area contributed by atoms with Gasteiger partial charge in [-0.15, -0.1) is 0 Å². The van der Waals surface area contributed by atoms with Crippen LogP contribution in [0.4, 0.5) is 0 Å². The maximum atomic E-state index is 4.98. The molecule has 0 atom stereocenters. The van der Waals surface area contributed by atoms with Crippen LogP contribution in [0.5, 0.6) is 0 Å². The van der Waals surface area contributed by atoms with Gasteiger partial charge in [-0.1, -0.05) is 0 Å². The molecule has 11 heavy (non-hydrogen) atoms. The molecule has 0 aliphatic heterocycles. The molecule has 0 amide bonds. The van der Waals surface area contributed by atoms with E-state index in [2.05, 4.69) is 27.7 Å². The largest absolute Gasteiger partial charge is 0.357 e. The molecule has 0 aliphatic rings. The van der Waals surface area contributed by atoms with Crippen LogP contribution in [0.2, 0.25) is 0 Å². The standard InChI is InChI=1S/C7H14N4/c1-3-9-7(10-4-2)11-6-5-8/h3-4,8H2,1-2H3,(H2,9,10,11)/p+1. The highest BCUT2D eigenvalue weighted by molar-refractivity contribution is 5.73. The third-order valence-corrected chi connectivity index (χ3v) is 0.967. The van der Waals surface area contributed by atoms with E-state index in [1.165, 1.54) is 0 Å². The van der Waals surface area contributed by atoms with Gasteiger partial charge in [0.15, 0.2) is 0 Å². The molecule has 0 aromatic rings. The lowest BCUT2D eigenvalue weighted by Crippen LogP contribution is -2.75. The van der Waals surface area contributed by atoms with Crippen LogP contribution >= 0.6 is 0 Å². The Bertz CT molecular complexity index is 167. The van der Waals surface area contributed by atoms with Gasteiger partial charge in [-0.25, -0.2) is 4.99 Å². The van der Waals surface area contributed by atoms with E-state index in [0.717, 1.165) is 19.0 Å². The first-order valence-electron chi connectivity index (χ1n) is 3.66. The summed E-state index contributed by atoms with van der Waals surface area (Å²) in [4.78, 5) is 2.78. The highest BCUT2D eigenvalue weighted by atomic mass is 15.2. The summed E-state index contributed by atoms with van der Waals surface area (Å²) >= 11 is 0. The molecule has 0 fully saturated rings. The summed E-state index contributed by atoms with van der Waals surface area (Å²) in [5.74, 6) is 0.799. The average Bonchev–Trinajstić information content (AvgIpc) is 2.01. The molecule has 0 aromatic carbocycles. The summed E-state index contributed by atoms with van der Waals surface area (Å²) < 4.78 is 0. The summed E-state index contributed by atoms with van der Waals surface area (Å²) in [6.07, 6.45) is 0. The second-order valence-corrected chi connectivity index (χ2v) is 1.83. The van der Waals surface area contributed by atoms with Crippen molar-refractivity contribution in [3.05, 3.63) is 0 Å². The van der Waals surface area contributed by atoms with Crippen molar-refractivity contribution in [3.63, 3.8) is 0 Å². The number of nitrogens with one attached hydrogen (secondary N) is 3. The first-order valence-corrected chi connectivity index (χ1v) is 3.66. The van der Waals surface area contributed by atoms with Crippen LogP contribution < -0.4 is 21.4 Å². The van der Waals surface area contributed by atoms with Gasteiger partial charge in [0.1, 0.15) is 6.04 Å². The zero-order valence-electron chi connectivity index (χ0n) is 6.99. The van der Waals surface area contributed by atoms with Gasteiger partial charge in [0.05, 0.1) is 13.1 Å². The summed E-state index contributed by atoms with van der Waals surface area (Å²) in [5.41, 5.74) is 4.98. The van der Waals surface area contributed by atoms with Crippen molar-refractivity contribution in [3.8, 4) is 12.1 Å². The number of nitrogens with two attached hydrogens (primary N) is 1.